The SMILES string of the molecule is CCCOc1ccc(N2CCCC[C@H]2CC(N)=O)c(N)c1. The minimum atomic E-state index is -0.256. The number of rotatable bonds is 6. The van der Waals surface area contributed by atoms with Crippen LogP contribution in [0.1, 0.15) is 39.0 Å². The number of hydrogen-bond acceptors (Lipinski definition) is 4. The summed E-state index contributed by atoms with van der Waals surface area (Å²) < 4.78 is 5.60. The Morgan fingerprint density at radius 3 is 2.90 bits per heavy atom. The van der Waals surface area contributed by atoms with Crippen molar-refractivity contribution in [1.29, 1.82) is 0 Å². The van der Waals surface area contributed by atoms with E-state index in [9.17, 15) is 4.79 Å². The van der Waals surface area contributed by atoms with Crippen molar-refractivity contribution < 1.29 is 9.53 Å². The van der Waals surface area contributed by atoms with Gasteiger partial charge in [-0.1, -0.05) is 6.92 Å². The first-order valence-corrected chi connectivity index (χ1v) is 7.69. The van der Waals surface area contributed by atoms with Crippen molar-refractivity contribution in [3.8, 4) is 5.75 Å². The lowest BCUT2D eigenvalue weighted by atomic mass is 9.98. The molecule has 0 aliphatic carbocycles. The maximum atomic E-state index is 11.2. The van der Waals surface area contributed by atoms with E-state index in [4.69, 9.17) is 16.2 Å². The van der Waals surface area contributed by atoms with Crippen LogP contribution in [-0.4, -0.2) is 25.1 Å². The van der Waals surface area contributed by atoms with Crippen molar-refractivity contribution >= 4 is 17.3 Å². The zero-order chi connectivity index (χ0) is 15.2. The van der Waals surface area contributed by atoms with Crippen LogP contribution in [0.15, 0.2) is 18.2 Å². The third-order valence-corrected chi connectivity index (χ3v) is 3.85. The van der Waals surface area contributed by atoms with E-state index in [0.29, 0.717) is 18.7 Å². The van der Waals surface area contributed by atoms with Gasteiger partial charge < -0.3 is 21.1 Å². The lowest BCUT2D eigenvalue weighted by Crippen LogP contribution is -2.42. The van der Waals surface area contributed by atoms with Crippen LogP contribution in [0.25, 0.3) is 0 Å². The molecule has 1 atom stereocenters. The van der Waals surface area contributed by atoms with Crippen molar-refractivity contribution in [2.45, 2.75) is 45.1 Å². The van der Waals surface area contributed by atoms with E-state index in [1.807, 2.05) is 18.2 Å². The summed E-state index contributed by atoms with van der Waals surface area (Å²) in [6.07, 6.45) is 4.58. The fourth-order valence-corrected chi connectivity index (χ4v) is 2.87. The third kappa shape index (κ3) is 4.03. The van der Waals surface area contributed by atoms with Gasteiger partial charge in [-0.2, -0.15) is 0 Å². The van der Waals surface area contributed by atoms with E-state index in [1.54, 1.807) is 0 Å². The maximum Gasteiger partial charge on any atom is 0.219 e. The number of primary amides is 1. The van der Waals surface area contributed by atoms with Crippen molar-refractivity contribution in [3.63, 3.8) is 0 Å². The Kier molecular flexibility index (Phi) is 5.31. The van der Waals surface area contributed by atoms with Gasteiger partial charge in [0.2, 0.25) is 5.91 Å². The summed E-state index contributed by atoms with van der Waals surface area (Å²) in [6, 6.07) is 5.94. The molecular formula is C16H25N3O2. The summed E-state index contributed by atoms with van der Waals surface area (Å²) in [7, 11) is 0. The molecule has 1 aliphatic rings. The number of ether oxygens (including phenoxy) is 1. The van der Waals surface area contributed by atoms with Crippen molar-refractivity contribution in [1.82, 2.24) is 0 Å². The Bertz CT molecular complexity index is 490. The number of carbonyl (C=O) groups excluding carboxylic acids is 1. The minimum absolute atomic E-state index is 0.154. The number of nitrogens with zero attached hydrogens (tertiary/aromatic N) is 1. The lowest BCUT2D eigenvalue weighted by molar-refractivity contribution is -0.118. The van der Waals surface area contributed by atoms with Gasteiger partial charge in [0.1, 0.15) is 5.75 Å². The van der Waals surface area contributed by atoms with E-state index in [-0.39, 0.29) is 11.9 Å². The quantitative estimate of drug-likeness (QED) is 0.788. The Labute approximate surface area is 126 Å². The highest BCUT2D eigenvalue weighted by Crippen LogP contribution is 2.33. The van der Waals surface area contributed by atoms with Crippen LogP contribution in [0.2, 0.25) is 0 Å². The number of benzene rings is 1. The molecule has 2 rings (SSSR count). The third-order valence-electron chi connectivity index (χ3n) is 3.85. The maximum absolute atomic E-state index is 11.2. The first-order chi connectivity index (χ1) is 10.1. The van der Waals surface area contributed by atoms with Crippen LogP contribution < -0.4 is 21.1 Å². The lowest BCUT2D eigenvalue weighted by Gasteiger charge is -2.37. The zero-order valence-electron chi connectivity index (χ0n) is 12.7. The van der Waals surface area contributed by atoms with Gasteiger partial charge in [0, 0.05) is 25.1 Å². The normalized spacial score (nSPS) is 18.5. The van der Waals surface area contributed by atoms with Gasteiger partial charge in [0.25, 0.3) is 0 Å². The van der Waals surface area contributed by atoms with E-state index >= 15 is 0 Å². The highest BCUT2D eigenvalue weighted by molar-refractivity contribution is 5.76. The van der Waals surface area contributed by atoms with Crippen molar-refractivity contribution in [2.75, 3.05) is 23.8 Å². The predicted octanol–water partition coefficient (Wildman–Crippen LogP) is 2.29. The Morgan fingerprint density at radius 2 is 2.24 bits per heavy atom. The molecule has 4 N–H and O–H groups in total. The number of anilines is 2. The molecular weight excluding hydrogens is 266 g/mol. The fourth-order valence-electron chi connectivity index (χ4n) is 2.87. The number of amides is 1. The van der Waals surface area contributed by atoms with E-state index in [0.717, 1.165) is 43.7 Å². The molecule has 1 aromatic carbocycles. The highest BCUT2D eigenvalue weighted by Gasteiger charge is 2.25. The average molecular weight is 291 g/mol. The van der Waals surface area contributed by atoms with Gasteiger partial charge in [-0.3, -0.25) is 4.79 Å². The molecule has 1 saturated heterocycles. The molecule has 5 nitrogen and oxygen atoms in total. The van der Waals surface area contributed by atoms with Gasteiger partial charge in [0.05, 0.1) is 18.0 Å². The molecule has 1 fully saturated rings. The number of carbonyl (C=O) groups is 1. The van der Waals surface area contributed by atoms with Gasteiger partial charge in [-0.15, -0.1) is 0 Å². The van der Waals surface area contributed by atoms with E-state index in [1.165, 1.54) is 0 Å². The number of hydrogen-bond donors (Lipinski definition) is 2. The van der Waals surface area contributed by atoms with Crippen LogP contribution in [0.5, 0.6) is 5.75 Å². The summed E-state index contributed by atoms with van der Waals surface area (Å²) in [5.74, 6) is 0.537. The van der Waals surface area contributed by atoms with Gasteiger partial charge in [0.15, 0.2) is 0 Å². The number of nitrogens with two attached hydrogens (primary N) is 2. The second-order valence-corrected chi connectivity index (χ2v) is 5.58. The van der Waals surface area contributed by atoms with E-state index < -0.39 is 0 Å². The number of nitrogen functional groups attached to an aromatic ring is 1. The average Bonchev–Trinajstić information content (AvgIpc) is 2.45. The van der Waals surface area contributed by atoms with Gasteiger partial charge in [-0.25, -0.2) is 0 Å². The molecule has 1 heterocycles. The van der Waals surface area contributed by atoms with Crippen LogP contribution >= 0.6 is 0 Å². The Morgan fingerprint density at radius 1 is 1.43 bits per heavy atom. The van der Waals surface area contributed by atoms with Crippen molar-refractivity contribution in [2.24, 2.45) is 5.73 Å². The van der Waals surface area contributed by atoms with Gasteiger partial charge >= 0.3 is 0 Å². The summed E-state index contributed by atoms with van der Waals surface area (Å²) in [5.41, 5.74) is 13.2. The molecule has 0 aromatic heterocycles. The van der Waals surface area contributed by atoms with Crippen LogP contribution in [0.4, 0.5) is 11.4 Å². The van der Waals surface area contributed by atoms with E-state index in [2.05, 4.69) is 11.8 Å². The largest absolute Gasteiger partial charge is 0.494 e. The molecule has 0 radical (unpaired) electrons. The molecule has 116 valence electrons. The zero-order valence-corrected chi connectivity index (χ0v) is 12.7. The topological polar surface area (TPSA) is 81.6 Å². The second-order valence-electron chi connectivity index (χ2n) is 5.58. The smallest absolute Gasteiger partial charge is 0.219 e. The summed E-state index contributed by atoms with van der Waals surface area (Å²) in [5, 5.41) is 0. The Balaban J connectivity index is 2.16. The first kappa shape index (κ1) is 15.5. The molecule has 1 amide bonds. The number of piperidine rings is 1. The minimum Gasteiger partial charge on any atom is -0.494 e. The molecule has 0 bridgehead atoms. The predicted molar refractivity (Wildman–Crippen MR) is 85.4 cm³/mol. The molecule has 0 spiro atoms. The molecule has 0 saturated carbocycles. The molecule has 1 aromatic rings. The standard InChI is InChI=1S/C16H25N3O2/c1-2-9-21-13-6-7-15(14(17)11-13)19-8-4-3-5-12(19)10-16(18)20/h6-7,11-12H,2-5,8-10,17H2,1H3,(H2,18,20)/t12-/m0/s1. The summed E-state index contributed by atoms with van der Waals surface area (Å²) in [4.78, 5) is 13.5. The van der Waals surface area contributed by atoms with Crippen molar-refractivity contribution in [3.05, 3.63) is 18.2 Å². The summed E-state index contributed by atoms with van der Waals surface area (Å²) in [6.45, 7) is 3.67. The molecule has 1 aliphatic heterocycles. The van der Waals surface area contributed by atoms with Gasteiger partial charge in [-0.05, 0) is 37.8 Å². The molecule has 5 heteroatoms. The van der Waals surface area contributed by atoms with Crippen LogP contribution in [0.3, 0.4) is 0 Å². The fraction of sp³-hybridized carbons (Fsp3) is 0.562. The second kappa shape index (κ2) is 7.20. The highest BCUT2D eigenvalue weighted by atomic mass is 16.5. The van der Waals surface area contributed by atoms with Crippen LogP contribution in [0, 0.1) is 0 Å². The van der Waals surface area contributed by atoms with Crippen LogP contribution in [-0.2, 0) is 4.79 Å². The monoisotopic (exact) mass is 291 g/mol. The Hall–Kier alpha value is -1.91. The summed E-state index contributed by atoms with van der Waals surface area (Å²) >= 11 is 0. The first-order valence-electron chi connectivity index (χ1n) is 7.69. The molecule has 0 unspecified atom stereocenters. The molecule has 21 heavy (non-hydrogen) atoms.